The van der Waals surface area contributed by atoms with Gasteiger partial charge in [0.25, 0.3) is 11.8 Å². The van der Waals surface area contributed by atoms with E-state index in [1.807, 2.05) is 5.43 Å². The van der Waals surface area contributed by atoms with Gasteiger partial charge in [-0.05, 0) is 24.6 Å². The van der Waals surface area contributed by atoms with Gasteiger partial charge in [0.2, 0.25) is 0 Å². The van der Waals surface area contributed by atoms with Crippen LogP contribution in [-0.4, -0.2) is 34.8 Å². The zero-order valence-corrected chi connectivity index (χ0v) is 16.0. The Morgan fingerprint density at radius 3 is 2.34 bits per heavy atom. The van der Waals surface area contributed by atoms with E-state index in [-0.39, 0.29) is 22.0 Å². The summed E-state index contributed by atoms with van der Waals surface area (Å²) in [4.78, 5) is 36.0. The highest BCUT2D eigenvalue weighted by atomic mass is 35.5. The second kappa shape index (κ2) is 8.39. The first-order chi connectivity index (χ1) is 13.4. The van der Waals surface area contributed by atoms with Gasteiger partial charge < -0.3 is 10.1 Å². The van der Waals surface area contributed by atoms with E-state index >= 15 is 0 Å². The smallest absolute Gasteiger partial charge is 0.435 e. The Morgan fingerprint density at radius 2 is 1.79 bits per heavy atom. The number of anilines is 1. The second-order valence-electron chi connectivity index (χ2n) is 5.71. The third-order valence-electron chi connectivity index (χ3n) is 3.65. The van der Waals surface area contributed by atoms with E-state index in [9.17, 15) is 27.6 Å². The molecule has 0 fully saturated rings. The van der Waals surface area contributed by atoms with E-state index in [1.54, 1.807) is 0 Å². The molecular formula is C16H15ClF3N5O4. The summed E-state index contributed by atoms with van der Waals surface area (Å²) in [5, 5.41) is 5.80. The van der Waals surface area contributed by atoms with Gasteiger partial charge in [0, 0.05) is 18.1 Å². The molecule has 0 spiro atoms. The number of nitrogens with zero attached hydrogens (tertiary/aromatic N) is 2. The Labute approximate surface area is 167 Å². The van der Waals surface area contributed by atoms with Gasteiger partial charge in [0.1, 0.15) is 5.69 Å². The molecule has 3 amide bonds. The number of hydrazine groups is 1. The molecule has 0 atom stereocenters. The summed E-state index contributed by atoms with van der Waals surface area (Å²) in [6, 6.07) is 3.23. The molecule has 2 aromatic rings. The fraction of sp³-hybridized carbons (Fsp3) is 0.250. The van der Waals surface area contributed by atoms with Gasteiger partial charge >= 0.3 is 12.3 Å². The van der Waals surface area contributed by atoms with Crippen LogP contribution >= 0.6 is 11.6 Å². The van der Waals surface area contributed by atoms with Crippen molar-refractivity contribution in [3.05, 3.63) is 45.7 Å². The van der Waals surface area contributed by atoms with Crippen molar-refractivity contribution in [1.82, 2.24) is 20.6 Å². The van der Waals surface area contributed by atoms with E-state index in [2.05, 4.69) is 20.6 Å². The van der Waals surface area contributed by atoms with Crippen LogP contribution in [0.4, 0.5) is 23.7 Å². The molecule has 9 nitrogen and oxygen atoms in total. The molecule has 1 heterocycles. The average Bonchev–Trinajstić information content (AvgIpc) is 3.03. The van der Waals surface area contributed by atoms with Crippen LogP contribution in [0.3, 0.4) is 0 Å². The molecule has 1 aromatic heterocycles. The van der Waals surface area contributed by atoms with Gasteiger partial charge in [-0.25, -0.2) is 10.2 Å². The molecule has 156 valence electrons. The van der Waals surface area contributed by atoms with Gasteiger partial charge in [-0.15, -0.1) is 0 Å². The second-order valence-corrected chi connectivity index (χ2v) is 6.14. The SMILES string of the molecule is COC(=O)NNC(=O)c1cc(Cl)cc(C)c1NC(=O)c1cc(C(F)(F)F)nn1C. The highest BCUT2D eigenvalue weighted by Crippen LogP contribution is 2.29. The van der Waals surface area contributed by atoms with Crippen LogP contribution in [-0.2, 0) is 18.0 Å². The Kier molecular flexibility index (Phi) is 6.37. The Hall–Kier alpha value is -3.28. The molecular weight excluding hydrogens is 419 g/mol. The number of alkyl halides is 3. The number of nitrogens with one attached hydrogen (secondary N) is 3. The van der Waals surface area contributed by atoms with Gasteiger partial charge in [0.05, 0.1) is 18.4 Å². The zero-order valence-electron chi connectivity index (χ0n) is 15.3. The number of carbonyl (C=O) groups is 3. The number of amides is 3. The van der Waals surface area contributed by atoms with E-state index in [0.29, 0.717) is 11.6 Å². The lowest BCUT2D eigenvalue weighted by atomic mass is 10.1. The van der Waals surface area contributed by atoms with E-state index in [4.69, 9.17) is 11.6 Å². The summed E-state index contributed by atoms with van der Waals surface area (Å²) in [7, 11) is 2.26. The topological polar surface area (TPSA) is 114 Å². The maximum atomic E-state index is 12.8. The molecule has 3 N–H and O–H groups in total. The van der Waals surface area contributed by atoms with Crippen molar-refractivity contribution in [3.8, 4) is 0 Å². The molecule has 0 saturated carbocycles. The molecule has 0 aliphatic rings. The van der Waals surface area contributed by atoms with Crippen LogP contribution in [0.5, 0.6) is 0 Å². The molecule has 0 radical (unpaired) electrons. The Balaban J connectivity index is 2.35. The average molecular weight is 434 g/mol. The fourth-order valence-electron chi connectivity index (χ4n) is 2.31. The van der Waals surface area contributed by atoms with Crippen molar-refractivity contribution in [2.75, 3.05) is 12.4 Å². The van der Waals surface area contributed by atoms with Crippen LogP contribution in [0.25, 0.3) is 0 Å². The summed E-state index contributed by atoms with van der Waals surface area (Å²) < 4.78 is 43.5. The van der Waals surface area contributed by atoms with Crippen LogP contribution in [0, 0.1) is 6.92 Å². The molecule has 13 heteroatoms. The minimum atomic E-state index is -4.73. The molecule has 29 heavy (non-hydrogen) atoms. The van der Waals surface area contributed by atoms with Crippen molar-refractivity contribution in [1.29, 1.82) is 0 Å². The Bertz CT molecular complexity index is 974. The summed E-state index contributed by atoms with van der Waals surface area (Å²) in [6.07, 6.45) is -5.67. The monoisotopic (exact) mass is 433 g/mol. The standard InChI is InChI=1S/C16H15ClF3N5O4/c1-7-4-8(17)5-9(13(26)22-23-15(28)29-3)12(7)21-14(27)10-6-11(16(18,19)20)24-25(10)2/h4-6H,1-3H3,(H,21,27)(H,22,26)(H,23,28). The number of hydrogen-bond donors (Lipinski definition) is 3. The number of aryl methyl sites for hydroxylation is 2. The predicted octanol–water partition coefficient (Wildman–Crippen LogP) is 2.65. The van der Waals surface area contributed by atoms with Crippen molar-refractivity contribution >= 4 is 35.2 Å². The van der Waals surface area contributed by atoms with E-state index in [0.717, 1.165) is 11.8 Å². The number of ether oxygens (including phenoxy) is 1. The minimum absolute atomic E-state index is 0.0154. The highest BCUT2D eigenvalue weighted by molar-refractivity contribution is 6.31. The molecule has 0 unspecified atom stereocenters. The van der Waals surface area contributed by atoms with Gasteiger partial charge in [-0.2, -0.15) is 18.3 Å². The van der Waals surface area contributed by atoms with Crippen LogP contribution in [0.1, 0.15) is 32.1 Å². The summed E-state index contributed by atoms with van der Waals surface area (Å²) >= 11 is 5.94. The molecule has 0 bridgehead atoms. The van der Waals surface area contributed by atoms with Crippen molar-refractivity contribution in [3.63, 3.8) is 0 Å². The number of carbonyl (C=O) groups excluding carboxylic acids is 3. The van der Waals surface area contributed by atoms with Gasteiger partial charge in [0.15, 0.2) is 5.69 Å². The number of rotatable bonds is 3. The minimum Gasteiger partial charge on any atom is -0.452 e. The van der Waals surface area contributed by atoms with Crippen LogP contribution in [0.2, 0.25) is 5.02 Å². The highest BCUT2D eigenvalue weighted by Gasteiger charge is 2.35. The normalized spacial score (nSPS) is 11.0. The largest absolute Gasteiger partial charge is 0.452 e. The summed E-state index contributed by atoms with van der Waals surface area (Å²) in [6.45, 7) is 1.52. The predicted molar refractivity (Wildman–Crippen MR) is 95.4 cm³/mol. The number of halogens is 4. The fourth-order valence-corrected chi connectivity index (χ4v) is 2.58. The zero-order chi connectivity index (χ0) is 21.9. The van der Waals surface area contributed by atoms with Crippen LogP contribution < -0.4 is 16.2 Å². The number of aromatic nitrogens is 2. The first-order valence-electron chi connectivity index (χ1n) is 7.81. The van der Waals surface area contributed by atoms with Crippen molar-refractivity contribution in [2.24, 2.45) is 7.05 Å². The van der Waals surface area contributed by atoms with Crippen molar-refractivity contribution in [2.45, 2.75) is 13.1 Å². The number of benzene rings is 1. The quantitative estimate of drug-likeness (QED) is 0.644. The lowest BCUT2D eigenvalue weighted by molar-refractivity contribution is -0.141. The maximum Gasteiger partial charge on any atom is 0.435 e. The van der Waals surface area contributed by atoms with Gasteiger partial charge in [-0.3, -0.25) is 19.7 Å². The van der Waals surface area contributed by atoms with Crippen LogP contribution in [0.15, 0.2) is 18.2 Å². The van der Waals surface area contributed by atoms with E-state index < -0.39 is 29.8 Å². The molecule has 0 aliphatic heterocycles. The molecule has 1 aromatic carbocycles. The molecule has 0 saturated heterocycles. The summed E-state index contributed by atoms with van der Waals surface area (Å²) in [5.41, 5.74) is 2.58. The lowest BCUT2D eigenvalue weighted by Gasteiger charge is -2.15. The van der Waals surface area contributed by atoms with E-state index in [1.165, 1.54) is 26.1 Å². The number of methoxy groups -OCH3 is 1. The Morgan fingerprint density at radius 1 is 1.14 bits per heavy atom. The third kappa shape index (κ3) is 5.16. The van der Waals surface area contributed by atoms with Gasteiger partial charge in [-0.1, -0.05) is 11.6 Å². The first-order valence-corrected chi connectivity index (χ1v) is 8.19. The summed E-state index contributed by atoms with van der Waals surface area (Å²) in [5.74, 6) is -1.78. The third-order valence-corrected chi connectivity index (χ3v) is 3.87. The van der Waals surface area contributed by atoms with Crippen molar-refractivity contribution < 1.29 is 32.3 Å². The molecule has 2 rings (SSSR count). The number of hydrogen-bond acceptors (Lipinski definition) is 5. The lowest BCUT2D eigenvalue weighted by Crippen LogP contribution is -2.41. The first kappa shape index (κ1) is 22.0. The molecule has 0 aliphatic carbocycles. The maximum absolute atomic E-state index is 12.8.